The van der Waals surface area contributed by atoms with Gasteiger partial charge >= 0.3 is 0 Å². The molecular weight excluding hydrogens is 315 g/mol. The predicted molar refractivity (Wildman–Crippen MR) is 74.4 cm³/mol. The molecular formula is C12H12BrFN4O. The van der Waals surface area contributed by atoms with Crippen LogP contribution in [0.3, 0.4) is 0 Å². The Balaban J connectivity index is 2.25. The van der Waals surface area contributed by atoms with E-state index in [2.05, 4.69) is 31.4 Å². The summed E-state index contributed by atoms with van der Waals surface area (Å²) in [6.07, 6.45) is 0.649. The van der Waals surface area contributed by atoms with E-state index < -0.39 is 11.7 Å². The highest BCUT2D eigenvalue weighted by molar-refractivity contribution is 9.10. The number of hydrogen-bond donors (Lipinski definition) is 3. The van der Waals surface area contributed by atoms with Crippen molar-refractivity contribution in [2.75, 3.05) is 11.1 Å². The third kappa shape index (κ3) is 2.76. The molecule has 100 valence electrons. The van der Waals surface area contributed by atoms with Crippen LogP contribution in [0.25, 0.3) is 0 Å². The van der Waals surface area contributed by atoms with Gasteiger partial charge in [0.25, 0.3) is 5.91 Å². The van der Waals surface area contributed by atoms with Crippen LogP contribution in [-0.4, -0.2) is 16.1 Å². The number of rotatable bonds is 3. The van der Waals surface area contributed by atoms with Crippen molar-refractivity contribution in [3.8, 4) is 0 Å². The number of nitrogens with two attached hydrogens (primary N) is 1. The monoisotopic (exact) mass is 326 g/mol. The summed E-state index contributed by atoms with van der Waals surface area (Å²) in [5.41, 5.74) is 7.24. The van der Waals surface area contributed by atoms with Gasteiger partial charge in [0.15, 0.2) is 5.69 Å². The third-order valence-electron chi connectivity index (χ3n) is 2.63. The van der Waals surface area contributed by atoms with Crippen LogP contribution in [0.4, 0.5) is 15.8 Å². The highest BCUT2D eigenvalue weighted by Crippen LogP contribution is 2.24. The summed E-state index contributed by atoms with van der Waals surface area (Å²) in [6, 6.07) is 4.01. The third-order valence-corrected chi connectivity index (χ3v) is 3.32. The zero-order valence-electron chi connectivity index (χ0n) is 10.1. The van der Waals surface area contributed by atoms with Crippen molar-refractivity contribution < 1.29 is 9.18 Å². The number of nitrogens with zero attached hydrogens (tertiary/aromatic N) is 1. The number of nitrogens with one attached hydrogen (secondary N) is 2. The quantitative estimate of drug-likeness (QED) is 0.810. The predicted octanol–water partition coefficient (Wildman–Crippen LogP) is 2.71. The van der Waals surface area contributed by atoms with Gasteiger partial charge in [-0.05, 0) is 40.5 Å². The molecule has 1 amide bonds. The number of H-pyrrole nitrogens is 1. The zero-order valence-corrected chi connectivity index (χ0v) is 11.7. The summed E-state index contributed by atoms with van der Waals surface area (Å²) in [6.45, 7) is 1.90. The number of nitrogen functional groups attached to an aromatic ring is 1. The first-order valence-electron chi connectivity index (χ1n) is 5.62. The van der Waals surface area contributed by atoms with E-state index in [1.165, 1.54) is 18.2 Å². The van der Waals surface area contributed by atoms with Crippen LogP contribution in [-0.2, 0) is 6.42 Å². The normalized spacial score (nSPS) is 10.5. The van der Waals surface area contributed by atoms with E-state index in [0.717, 1.165) is 0 Å². The number of aromatic nitrogens is 2. The molecule has 0 spiro atoms. The molecule has 0 atom stereocenters. The fraction of sp³-hybridized carbons (Fsp3) is 0.167. The number of aryl methyl sites for hydroxylation is 1. The average Bonchev–Trinajstić information content (AvgIpc) is 2.75. The maximum Gasteiger partial charge on any atom is 0.278 e. The summed E-state index contributed by atoms with van der Waals surface area (Å²) in [4.78, 5) is 12.0. The molecule has 19 heavy (non-hydrogen) atoms. The molecule has 1 aromatic carbocycles. The SMILES string of the molecule is CCc1[nH]nc(C(=O)Nc2cc(F)ccc2Br)c1N. The summed E-state index contributed by atoms with van der Waals surface area (Å²) >= 11 is 3.23. The van der Waals surface area contributed by atoms with Gasteiger partial charge < -0.3 is 11.1 Å². The smallest absolute Gasteiger partial charge is 0.278 e. The van der Waals surface area contributed by atoms with E-state index in [4.69, 9.17) is 5.73 Å². The van der Waals surface area contributed by atoms with Crippen LogP contribution in [0.1, 0.15) is 23.1 Å². The largest absolute Gasteiger partial charge is 0.395 e. The van der Waals surface area contributed by atoms with Crippen molar-refractivity contribution in [2.45, 2.75) is 13.3 Å². The number of hydrogen-bond acceptors (Lipinski definition) is 3. The van der Waals surface area contributed by atoms with Gasteiger partial charge in [-0.1, -0.05) is 6.92 Å². The maximum atomic E-state index is 13.1. The Hall–Kier alpha value is -1.89. The molecule has 5 nitrogen and oxygen atoms in total. The van der Waals surface area contributed by atoms with Crippen LogP contribution in [0.2, 0.25) is 0 Å². The van der Waals surface area contributed by atoms with Crippen molar-refractivity contribution in [2.24, 2.45) is 0 Å². The van der Waals surface area contributed by atoms with Gasteiger partial charge in [-0.25, -0.2) is 4.39 Å². The molecule has 0 aliphatic heterocycles. The molecule has 1 aromatic heterocycles. The van der Waals surface area contributed by atoms with Crippen molar-refractivity contribution in [3.63, 3.8) is 0 Å². The van der Waals surface area contributed by atoms with Gasteiger partial charge in [0.2, 0.25) is 0 Å². The average molecular weight is 327 g/mol. The number of carbonyl (C=O) groups excluding carboxylic acids is 1. The number of halogens is 2. The molecule has 2 aromatic rings. The minimum absolute atomic E-state index is 0.105. The molecule has 2 rings (SSSR count). The number of carbonyl (C=O) groups is 1. The Morgan fingerprint density at radius 3 is 2.95 bits per heavy atom. The molecule has 1 heterocycles. The van der Waals surface area contributed by atoms with E-state index in [9.17, 15) is 9.18 Å². The van der Waals surface area contributed by atoms with E-state index >= 15 is 0 Å². The molecule has 0 radical (unpaired) electrons. The Morgan fingerprint density at radius 2 is 2.32 bits per heavy atom. The van der Waals surface area contributed by atoms with Crippen molar-refractivity contribution >= 4 is 33.2 Å². The van der Waals surface area contributed by atoms with Crippen LogP contribution < -0.4 is 11.1 Å². The van der Waals surface area contributed by atoms with E-state index in [0.29, 0.717) is 28.0 Å². The lowest BCUT2D eigenvalue weighted by Gasteiger charge is -2.06. The van der Waals surface area contributed by atoms with Gasteiger partial charge in [0.05, 0.1) is 17.1 Å². The van der Waals surface area contributed by atoms with Crippen molar-refractivity contribution in [1.82, 2.24) is 10.2 Å². The van der Waals surface area contributed by atoms with Gasteiger partial charge in [-0.3, -0.25) is 9.89 Å². The second-order valence-electron chi connectivity index (χ2n) is 3.90. The molecule has 0 saturated heterocycles. The Bertz CT molecular complexity index is 626. The molecule has 0 aliphatic carbocycles. The minimum atomic E-state index is -0.486. The van der Waals surface area contributed by atoms with Crippen LogP contribution in [0, 0.1) is 5.82 Å². The Kier molecular flexibility index (Phi) is 3.84. The highest BCUT2D eigenvalue weighted by atomic mass is 79.9. The topological polar surface area (TPSA) is 83.8 Å². The van der Waals surface area contributed by atoms with Gasteiger partial charge in [-0.15, -0.1) is 0 Å². The molecule has 0 bridgehead atoms. The molecule has 7 heteroatoms. The second kappa shape index (κ2) is 5.40. The van der Waals surface area contributed by atoms with E-state index in [-0.39, 0.29) is 5.69 Å². The lowest BCUT2D eigenvalue weighted by molar-refractivity contribution is 0.102. The molecule has 0 fully saturated rings. The first-order valence-corrected chi connectivity index (χ1v) is 6.41. The molecule has 0 saturated carbocycles. The van der Waals surface area contributed by atoms with E-state index in [1.54, 1.807) is 0 Å². The van der Waals surface area contributed by atoms with Gasteiger partial charge in [-0.2, -0.15) is 5.10 Å². The fourth-order valence-electron chi connectivity index (χ4n) is 1.60. The first kappa shape index (κ1) is 13.5. The summed E-state index contributed by atoms with van der Waals surface area (Å²) in [5, 5.41) is 9.12. The molecule has 4 N–H and O–H groups in total. The number of anilines is 2. The minimum Gasteiger partial charge on any atom is -0.395 e. The zero-order chi connectivity index (χ0) is 14.0. The second-order valence-corrected chi connectivity index (χ2v) is 4.75. The summed E-state index contributed by atoms with van der Waals surface area (Å²) in [7, 11) is 0. The summed E-state index contributed by atoms with van der Waals surface area (Å²) in [5.74, 6) is -0.928. The van der Waals surface area contributed by atoms with Crippen molar-refractivity contribution in [3.05, 3.63) is 39.9 Å². The Morgan fingerprint density at radius 1 is 1.58 bits per heavy atom. The lowest BCUT2D eigenvalue weighted by atomic mass is 10.2. The number of aromatic amines is 1. The van der Waals surface area contributed by atoms with Gasteiger partial charge in [0.1, 0.15) is 5.82 Å². The summed E-state index contributed by atoms with van der Waals surface area (Å²) < 4.78 is 13.7. The fourth-order valence-corrected chi connectivity index (χ4v) is 1.95. The first-order chi connectivity index (χ1) is 9.02. The number of amides is 1. The molecule has 0 unspecified atom stereocenters. The number of benzene rings is 1. The highest BCUT2D eigenvalue weighted by Gasteiger charge is 2.17. The van der Waals surface area contributed by atoms with Crippen molar-refractivity contribution in [1.29, 1.82) is 0 Å². The van der Waals surface area contributed by atoms with Crippen LogP contribution in [0.5, 0.6) is 0 Å². The standard InChI is InChI=1S/C12H12BrFN4O/c1-2-8-10(15)11(18-17-8)12(19)16-9-5-6(14)3-4-7(9)13/h3-5H,2,15H2,1H3,(H,16,19)(H,17,18). The Labute approximate surface area is 117 Å². The maximum absolute atomic E-state index is 13.1. The van der Waals surface area contributed by atoms with E-state index in [1.807, 2.05) is 6.92 Å². The lowest BCUT2D eigenvalue weighted by Crippen LogP contribution is -2.14. The van der Waals surface area contributed by atoms with Gasteiger partial charge in [0, 0.05) is 4.47 Å². The van der Waals surface area contributed by atoms with Crippen LogP contribution >= 0.6 is 15.9 Å². The van der Waals surface area contributed by atoms with Crippen LogP contribution in [0.15, 0.2) is 22.7 Å². The molecule has 0 aliphatic rings.